The van der Waals surface area contributed by atoms with Gasteiger partial charge in [0.25, 0.3) is 5.56 Å². The van der Waals surface area contributed by atoms with Gasteiger partial charge in [-0.3, -0.25) is 18.5 Å². The van der Waals surface area contributed by atoms with Crippen molar-refractivity contribution in [2.75, 3.05) is 11.6 Å². The molecule has 1 atom stereocenters. The molecule has 2 aromatic rings. The maximum atomic E-state index is 12.9. The summed E-state index contributed by atoms with van der Waals surface area (Å²) in [7, 11) is 1.64. The van der Waals surface area contributed by atoms with Crippen LogP contribution in [0.3, 0.4) is 0 Å². The van der Waals surface area contributed by atoms with Crippen LogP contribution in [0.4, 0.5) is 5.95 Å². The minimum atomic E-state index is -0.351. The summed E-state index contributed by atoms with van der Waals surface area (Å²) in [6.07, 6.45) is 3.91. The van der Waals surface area contributed by atoms with Crippen LogP contribution < -0.4 is 16.3 Å². The number of hydrogen-bond donors (Lipinski definition) is 0. The molecule has 0 amide bonds. The summed E-state index contributed by atoms with van der Waals surface area (Å²) in [5.41, 5.74) is 1.08. The minimum Gasteiger partial charge on any atom is -0.294 e. The molecule has 0 radical (unpaired) electrons. The molecule has 0 N–H and O–H groups in total. The fourth-order valence-electron chi connectivity index (χ4n) is 2.99. The van der Waals surface area contributed by atoms with E-state index in [-0.39, 0.29) is 17.3 Å². The lowest BCUT2D eigenvalue weighted by Gasteiger charge is -2.28. The topological polar surface area (TPSA) is 77.4 Å². The van der Waals surface area contributed by atoms with Crippen molar-refractivity contribution in [3.8, 4) is 0 Å². The second-order valence-corrected chi connectivity index (χ2v) is 5.91. The summed E-state index contributed by atoms with van der Waals surface area (Å²) >= 11 is 0. The van der Waals surface area contributed by atoms with E-state index < -0.39 is 0 Å². The summed E-state index contributed by atoms with van der Waals surface area (Å²) in [5, 5.41) is 6.34. The van der Waals surface area contributed by atoms with Gasteiger partial charge in [-0.25, -0.2) is 9.80 Å². The molecule has 3 heterocycles. The van der Waals surface area contributed by atoms with Gasteiger partial charge in [0.15, 0.2) is 11.2 Å². The molecule has 3 rings (SSSR count). The van der Waals surface area contributed by atoms with Gasteiger partial charge in [0.05, 0.1) is 18.3 Å². The van der Waals surface area contributed by atoms with E-state index >= 15 is 0 Å². The maximum absolute atomic E-state index is 12.9. The molecule has 8 nitrogen and oxygen atoms in total. The number of nitrogens with zero attached hydrogens (tertiary/aromatic N) is 6. The number of anilines is 1. The van der Waals surface area contributed by atoms with Gasteiger partial charge in [-0.2, -0.15) is 10.1 Å². The summed E-state index contributed by atoms with van der Waals surface area (Å²) in [5.74, 6) is 0.585. The van der Waals surface area contributed by atoms with E-state index in [0.29, 0.717) is 30.2 Å². The highest BCUT2D eigenvalue weighted by Crippen LogP contribution is 2.29. The first-order valence-corrected chi connectivity index (χ1v) is 8.07. The molecule has 0 bridgehead atoms. The Balaban J connectivity index is 2.40. The Morgan fingerprint density at radius 3 is 2.62 bits per heavy atom. The Labute approximate surface area is 139 Å². The molecule has 0 fully saturated rings. The van der Waals surface area contributed by atoms with Gasteiger partial charge in [-0.15, -0.1) is 0 Å². The van der Waals surface area contributed by atoms with E-state index in [2.05, 4.69) is 10.1 Å². The lowest BCUT2D eigenvalue weighted by atomic mass is 10.2. The quantitative estimate of drug-likeness (QED) is 0.794. The normalized spacial score (nSPS) is 17.6. The minimum absolute atomic E-state index is 0.0950. The van der Waals surface area contributed by atoms with Gasteiger partial charge in [-0.05, 0) is 27.7 Å². The first-order chi connectivity index (χ1) is 11.4. The standard InChI is InChI=1S/C16H22N6O2/c1-6-8-9-21-15-17-13-12(22(15)11(4)10(3)18-21)14(23)20(7-2)16(24)19(13)5/h6,8,11H,7,9H2,1-5H3/b8-6-/t11-/m1/s1. The van der Waals surface area contributed by atoms with Crippen molar-refractivity contribution in [2.45, 2.75) is 40.3 Å². The number of aryl methyl sites for hydroxylation is 1. The zero-order valence-electron chi connectivity index (χ0n) is 14.6. The molecular formula is C16H22N6O2. The van der Waals surface area contributed by atoms with Crippen LogP contribution in [0.1, 0.15) is 33.7 Å². The van der Waals surface area contributed by atoms with Gasteiger partial charge in [-0.1, -0.05) is 12.2 Å². The van der Waals surface area contributed by atoms with Gasteiger partial charge in [0.2, 0.25) is 5.95 Å². The van der Waals surface area contributed by atoms with Crippen LogP contribution in [-0.4, -0.2) is 30.9 Å². The van der Waals surface area contributed by atoms with Crippen LogP contribution in [0.2, 0.25) is 0 Å². The predicted molar refractivity (Wildman–Crippen MR) is 94.9 cm³/mol. The van der Waals surface area contributed by atoms with Gasteiger partial charge >= 0.3 is 5.69 Å². The van der Waals surface area contributed by atoms with Crippen LogP contribution in [0.15, 0.2) is 26.8 Å². The fourth-order valence-corrected chi connectivity index (χ4v) is 2.99. The van der Waals surface area contributed by atoms with Gasteiger partial charge in [0.1, 0.15) is 0 Å². The predicted octanol–water partition coefficient (Wildman–Crippen LogP) is 1.25. The second kappa shape index (κ2) is 5.77. The third-order valence-electron chi connectivity index (χ3n) is 4.49. The first kappa shape index (κ1) is 16.2. The zero-order chi connectivity index (χ0) is 17.6. The van der Waals surface area contributed by atoms with E-state index in [1.165, 1.54) is 9.13 Å². The van der Waals surface area contributed by atoms with Crippen LogP contribution in [-0.2, 0) is 13.6 Å². The van der Waals surface area contributed by atoms with Crippen LogP contribution in [0.25, 0.3) is 11.2 Å². The number of hydrazone groups is 1. The fraction of sp³-hybridized carbons (Fsp3) is 0.500. The molecule has 0 aliphatic carbocycles. The number of hydrogen-bond acceptors (Lipinski definition) is 5. The number of imidazole rings is 1. The van der Waals surface area contributed by atoms with Gasteiger partial charge in [0, 0.05) is 13.6 Å². The largest absolute Gasteiger partial charge is 0.332 e. The van der Waals surface area contributed by atoms with Crippen molar-refractivity contribution >= 4 is 22.8 Å². The summed E-state index contributed by atoms with van der Waals surface area (Å²) in [6.45, 7) is 8.53. The van der Waals surface area contributed by atoms with E-state index in [1.807, 2.05) is 37.5 Å². The number of aromatic nitrogens is 4. The SMILES string of the molecule is C/C=C\CN1N=C(C)[C@@H](C)n2c1nc1c2c(=O)n(CC)c(=O)n1C. The smallest absolute Gasteiger partial charge is 0.294 e. The Kier molecular flexibility index (Phi) is 3.90. The lowest BCUT2D eigenvalue weighted by Crippen LogP contribution is -2.40. The van der Waals surface area contributed by atoms with Crippen LogP contribution >= 0.6 is 0 Å². The molecule has 2 aromatic heterocycles. The third-order valence-corrected chi connectivity index (χ3v) is 4.49. The first-order valence-electron chi connectivity index (χ1n) is 8.07. The monoisotopic (exact) mass is 330 g/mol. The molecule has 1 aliphatic heterocycles. The maximum Gasteiger partial charge on any atom is 0.332 e. The third kappa shape index (κ3) is 2.13. The summed E-state index contributed by atoms with van der Waals surface area (Å²) in [6, 6.07) is -0.0950. The van der Waals surface area contributed by atoms with Crippen molar-refractivity contribution in [2.24, 2.45) is 12.1 Å². The van der Waals surface area contributed by atoms with Crippen molar-refractivity contribution in [3.63, 3.8) is 0 Å². The van der Waals surface area contributed by atoms with Gasteiger partial charge < -0.3 is 0 Å². The number of allylic oxidation sites excluding steroid dienone is 1. The van der Waals surface area contributed by atoms with Crippen LogP contribution in [0, 0.1) is 0 Å². The molecular weight excluding hydrogens is 308 g/mol. The zero-order valence-corrected chi connectivity index (χ0v) is 14.6. The Morgan fingerprint density at radius 2 is 2.00 bits per heavy atom. The number of rotatable bonds is 3. The van der Waals surface area contributed by atoms with E-state index in [0.717, 1.165) is 5.71 Å². The van der Waals surface area contributed by atoms with Crippen molar-refractivity contribution in [1.29, 1.82) is 0 Å². The lowest BCUT2D eigenvalue weighted by molar-refractivity contribution is 0.623. The molecule has 128 valence electrons. The molecule has 1 aliphatic rings. The highest BCUT2D eigenvalue weighted by molar-refractivity contribution is 5.91. The molecule has 0 saturated carbocycles. The van der Waals surface area contributed by atoms with E-state index in [1.54, 1.807) is 19.0 Å². The highest BCUT2D eigenvalue weighted by Gasteiger charge is 2.29. The van der Waals surface area contributed by atoms with Crippen LogP contribution in [0.5, 0.6) is 0 Å². The molecule has 8 heteroatoms. The second-order valence-electron chi connectivity index (χ2n) is 5.91. The Bertz CT molecular complexity index is 975. The van der Waals surface area contributed by atoms with E-state index in [9.17, 15) is 9.59 Å². The Morgan fingerprint density at radius 1 is 1.29 bits per heavy atom. The van der Waals surface area contributed by atoms with Crippen molar-refractivity contribution in [1.82, 2.24) is 18.7 Å². The summed E-state index contributed by atoms with van der Waals surface area (Å²) in [4.78, 5) is 29.8. The molecule has 0 saturated heterocycles. The highest BCUT2D eigenvalue weighted by atomic mass is 16.2. The average molecular weight is 330 g/mol. The average Bonchev–Trinajstić information content (AvgIpc) is 2.96. The molecule has 0 spiro atoms. The Hall–Kier alpha value is -2.64. The molecule has 24 heavy (non-hydrogen) atoms. The number of fused-ring (bicyclic) bond motifs is 3. The van der Waals surface area contributed by atoms with Crippen molar-refractivity contribution < 1.29 is 0 Å². The summed E-state index contributed by atoms with van der Waals surface area (Å²) < 4.78 is 4.55. The molecule has 0 aromatic carbocycles. The van der Waals surface area contributed by atoms with Crippen molar-refractivity contribution in [3.05, 3.63) is 33.0 Å². The molecule has 0 unspecified atom stereocenters. The van der Waals surface area contributed by atoms with E-state index in [4.69, 9.17) is 0 Å².